The van der Waals surface area contributed by atoms with Crippen molar-refractivity contribution in [2.45, 2.75) is 62.7 Å². The fraction of sp³-hybridized carbons (Fsp3) is 0.538. The van der Waals surface area contributed by atoms with Gasteiger partial charge in [0.15, 0.2) is 12.6 Å². The normalized spacial score (nSPS) is 36.4. The quantitative estimate of drug-likeness (QED) is 0.216. The van der Waals surface area contributed by atoms with E-state index in [9.17, 15) is 35.1 Å². The number of carbonyl (C=O) groups excluding carboxylic acids is 2. The number of aromatic hydroxyl groups is 1. The Morgan fingerprint density at radius 1 is 1.03 bits per heavy atom. The molecule has 1 aromatic carbocycles. The van der Waals surface area contributed by atoms with E-state index in [0.717, 1.165) is 12.3 Å². The maximum atomic E-state index is 12.3. The third-order valence-corrected chi connectivity index (χ3v) is 6.93. The molecule has 2 saturated heterocycles. The number of phenols is 1. The smallest absolute Gasteiger partial charge is 0.337 e. The van der Waals surface area contributed by atoms with Crippen LogP contribution in [0.3, 0.4) is 0 Å². The Labute approximate surface area is 223 Å². The summed E-state index contributed by atoms with van der Waals surface area (Å²) in [5, 5.41) is 50.8. The van der Waals surface area contributed by atoms with Gasteiger partial charge in [0.1, 0.15) is 36.8 Å². The fourth-order valence-corrected chi connectivity index (χ4v) is 4.86. The van der Waals surface area contributed by atoms with Gasteiger partial charge < -0.3 is 54.0 Å². The molecule has 4 rings (SSSR count). The number of carbonyl (C=O) groups is 2. The Bertz CT molecular complexity index is 1070. The molecule has 0 aromatic heterocycles. The molecule has 0 spiro atoms. The molecule has 0 bridgehead atoms. The minimum absolute atomic E-state index is 0.0603. The Kier molecular flexibility index (Phi) is 9.23. The number of aliphatic hydroxyl groups excluding tert-OH is 4. The summed E-state index contributed by atoms with van der Waals surface area (Å²) in [6.45, 7) is 1.18. The first kappa shape index (κ1) is 29.0. The zero-order valence-corrected chi connectivity index (χ0v) is 21.2. The first-order valence-electron chi connectivity index (χ1n) is 12.4. The Hall–Kier alpha value is -3.04. The van der Waals surface area contributed by atoms with Gasteiger partial charge in [0.05, 0.1) is 31.0 Å². The van der Waals surface area contributed by atoms with Gasteiger partial charge >= 0.3 is 11.9 Å². The zero-order chi connectivity index (χ0) is 28.3. The summed E-state index contributed by atoms with van der Waals surface area (Å²) in [6.07, 6.45) is -6.89. The molecule has 13 heteroatoms. The molecule has 10 atom stereocenters. The van der Waals surface area contributed by atoms with E-state index in [4.69, 9.17) is 28.4 Å². The molecule has 0 aliphatic carbocycles. The molecule has 39 heavy (non-hydrogen) atoms. The minimum Gasteiger partial charge on any atom is -0.508 e. The minimum atomic E-state index is -1.71. The van der Waals surface area contributed by atoms with E-state index < -0.39 is 79.8 Å². The van der Waals surface area contributed by atoms with Crippen LogP contribution in [0.15, 0.2) is 42.2 Å². The summed E-state index contributed by atoms with van der Waals surface area (Å²) in [6, 6.07) is 6.09. The van der Waals surface area contributed by atoms with Crippen molar-refractivity contribution in [1.29, 1.82) is 0 Å². The third-order valence-electron chi connectivity index (χ3n) is 6.93. The molecule has 0 unspecified atom stereocenters. The molecule has 3 aliphatic rings. The van der Waals surface area contributed by atoms with E-state index in [0.29, 0.717) is 5.56 Å². The van der Waals surface area contributed by atoms with Crippen LogP contribution in [0.4, 0.5) is 0 Å². The highest BCUT2D eigenvalue weighted by Gasteiger charge is 2.51. The van der Waals surface area contributed by atoms with Crippen LogP contribution in [-0.2, 0) is 38.0 Å². The number of ether oxygens (including phenoxy) is 6. The van der Waals surface area contributed by atoms with Gasteiger partial charge in [0, 0.05) is 18.4 Å². The largest absolute Gasteiger partial charge is 0.508 e. The van der Waals surface area contributed by atoms with Crippen molar-refractivity contribution in [2.24, 2.45) is 11.8 Å². The number of aliphatic hydroxyl groups is 4. The SMILES string of the molecule is COC(=O)C1=CO[C@H](O[C@@H]2O[C@H](COC(=O)/C=C/c3ccc(O)cc3)[C@@H](O)[C@H](O)[C@H]2O)[C@@H]2[C@H](C)O[C@@H](O)C[C@H]12. The molecule has 0 radical (unpaired) electrons. The molecule has 1 aromatic rings. The highest BCUT2D eigenvalue weighted by Crippen LogP contribution is 2.42. The van der Waals surface area contributed by atoms with Gasteiger partial charge in [-0.3, -0.25) is 0 Å². The first-order valence-corrected chi connectivity index (χ1v) is 12.4. The second kappa shape index (κ2) is 12.4. The summed E-state index contributed by atoms with van der Waals surface area (Å²) in [5.41, 5.74) is 0.816. The number of methoxy groups -OCH3 is 1. The first-order chi connectivity index (χ1) is 18.6. The lowest BCUT2D eigenvalue weighted by atomic mass is 9.77. The number of hydrogen-bond acceptors (Lipinski definition) is 13. The molecule has 3 heterocycles. The fourth-order valence-electron chi connectivity index (χ4n) is 4.86. The van der Waals surface area contributed by atoms with Gasteiger partial charge in [-0.15, -0.1) is 0 Å². The van der Waals surface area contributed by atoms with Gasteiger partial charge in [0.25, 0.3) is 0 Å². The number of esters is 2. The molecule has 2 fully saturated rings. The van der Waals surface area contributed by atoms with Crippen LogP contribution in [-0.4, -0.2) is 101 Å². The lowest BCUT2D eigenvalue weighted by Crippen LogP contribution is -2.61. The molecule has 3 aliphatic heterocycles. The lowest BCUT2D eigenvalue weighted by molar-refractivity contribution is -0.352. The number of phenolic OH excluding ortho intramolecular Hbond substituents is 1. The topological polar surface area (TPSA) is 191 Å². The predicted molar refractivity (Wildman–Crippen MR) is 129 cm³/mol. The highest BCUT2D eigenvalue weighted by molar-refractivity contribution is 5.89. The monoisotopic (exact) mass is 552 g/mol. The second-order valence-corrected chi connectivity index (χ2v) is 9.49. The Balaban J connectivity index is 1.42. The van der Waals surface area contributed by atoms with Gasteiger partial charge in [-0.2, -0.15) is 0 Å². The Morgan fingerprint density at radius 2 is 1.74 bits per heavy atom. The van der Waals surface area contributed by atoms with E-state index in [1.165, 1.54) is 25.3 Å². The number of benzene rings is 1. The van der Waals surface area contributed by atoms with E-state index in [1.54, 1.807) is 19.1 Å². The van der Waals surface area contributed by atoms with E-state index >= 15 is 0 Å². The van der Waals surface area contributed by atoms with Crippen molar-refractivity contribution in [3.05, 3.63) is 47.7 Å². The lowest BCUT2D eigenvalue weighted by Gasteiger charge is -2.47. The average Bonchev–Trinajstić information content (AvgIpc) is 2.91. The summed E-state index contributed by atoms with van der Waals surface area (Å²) in [5.74, 6) is -2.52. The van der Waals surface area contributed by atoms with Crippen LogP contribution in [0.5, 0.6) is 5.75 Å². The standard InChI is InChI=1S/C26H32O13/c1-12-20-15(9-19(29)37-12)16(24(33)34-2)10-36-25(20)39-26-23(32)22(31)21(30)17(38-26)11-35-18(28)8-5-13-3-6-14(27)7-4-13/h3-8,10,12,15,17,19-23,25-27,29-32H,9,11H2,1-2H3/b8-5+/t12-,15+,17+,19+,20+,21+,22-,23+,25+,26-/m0/s1. The highest BCUT2D eigenvalue weighted by atomic mass is 16.8. The summed E-state index contributed by atoms with van der Waals surface area (Å²) in [7, 11) is 1.22. The van der Waals surface area contributed by atoms with Crippen LogP contribution in [0, 0.1) is 11.8 Å². The van der Waals surface area contributed by atoms with Crippen LogP contribution >= 0.6 is 0 Å². The van der Waals surface area contributed by atoms with Crippen molar-refractivity contribution >= 4 is 18.0 Å². The summed E-state index contributed by atoms with van der Waals surface area (Å²) < 4.78 is 32.6. The number of hydrogen-bond donors (Lipinski definition) is 5. The van der Waals surface area contributed by atoms with Crippen LogP contribution in [0.25, 0.3) is 6.08 Å². The summed E-state index contributed by atoms with van der Waals surface area (Å²) >= 11 is 0. The van der Waals surface area contributed by atoms with Gasteiger partial charge in [-0.1, -0.05) is 12.1 Å². The van der Waals surface area contributed by atoms with Gasteiger partial charge in [0.2, 0.25) is 6.29 Å². The van der Waals surface area contributed by atoms with Crippen molar-refractivity contribution in [2.75, 3.05) is 13.7 Å². The molecule has 13 nitrogen and oxygen atoms in total. The summed E-state index contributed by atoms with van der Waals surface area (Å²) in [4.78, 5) is 24.4. The van der Waals surface area contributed by atoms with Crippen molar-refractivity contribution in [1.82, 2.24) is 0 Å². The van der Waals surface area contributed by atoms with E-state index in [1.807, 2.05) is 0 Å². The van der Waals surface area contributed by atoms with E-state index in [2.05, 4.69) is 0 Å². The molecule has 214 valence electrons. The maximum Gasteiger partial charge on any atom is 0.337 e. The molecule has 0 amide bonds. The van der Waals surface area contributed by atoms with Crippen LogP contribution < -0.4 is 0 Å². The average molecular weight is 553 g/mol. The number of rotatable bonds is 7. The zero-order valence-electron chi connectivity index (χ0n) is 21.2. The number of fused-ring (bicyclic) bond motifs is 1. The molecule has 5 N–H and O–H groups in total. The third kappa shape index (κ3) is 6.58. The van der Waals surface area contributed by atoms with Gasteiger partial charge in [-0.25, -0.2) is 9.59 Å². The predicted octanol–water partition coefficient (Wildman–Crippen LogP) is -0.454. The van der Waals surface area contributed by atoms with Crippen LogP contribution in [0.1, 0.15) is 18.9 Å². The van der Waals surface area contributed by atoms with Crippen LogP contribution in [0.2, 0.25) is 0 Å². The van der Waals surface area contributed by atoms with Crippen molar-refractivity contribution in [3.8, 4) is 5.75 Å². The van der Waals surface area contributed by atoms with Gasteiger partial charge in [-0.05, 0) is 30.7 Å². The molecular weight excluding hydrogens is 520 g/mol. The van der Waals surface area contributed by atoms with E-state index in [-0.39, 0.29) is 17.7 Å². The molecule has 0 saturated carbocycles. The maximum absolute atomic E-state index is 12.3. The van der Waals surface area contributed by atoms with Crippen molar-refractivity contribution in [3.63, 3.8) is 0 Å². The van der Waals surface area contributed by atoms with Crippen molar-refractivity contribution < 1.29 is 63.5 Å². The Morgan fingerprint density at radius 3 is 2.44 bits per heavy atom. The molecular formula is C26H32O13. The second-order valence-electron chi connectivity index (χ2n) is 9.49.